The van der Waals surface area contributed by atoms with Gasteiger partial charge in [0.05, 0.1) is 0 Å². The van der Waals surface area contributed by atoms with Crippen molar-refractivity contribution in [1.29, 1.82) is 0 Å². The van der Waals surface area contributed by atoms with Crippen LogP contribution in [0.5, 0.6) is 0 Å². The quantitative estimate of drug-likeness (QED) is 0.656. The molecule has 2 aromatic rings. The van der Waals surface area contributed by atoms with Crippen LogP contribution >= 0.6 is 15.9 Å². The minimum absolute atomic E-state index is 1.10. The van der Waals surface area contributed by atoms with Crippen molar-refractivity contribution < 1.29 is 0 Å². The summed E-state index contributed by atoms with van der Waals surface area (Å²) >= 11 is 3.34. The summed E-state index contributed by atoms with van der Waals surface area (Å²) in [6.45, 7) is 9.48. The summed E-state index contributed by atoms with van der Waals surface area (Å²) in [4.78, 5) is 0. The van der Waals surface area contributed by atoms with E-state index in [1.165, 1.54) is 5.56 Å². The maximum Gasteiger partial charge on any atom is 0.0175 e. The van der Waals surface area contributed by atoms with Crippen LogP contribution in [0.1, 0.15) is 18.1 Å². The standard InChI is InChI=1S/C9H10.C8H7Br/c1-8(2)9-6-4-3-5-7-9;1-2-7-3-5-8(9)6-4-7/h3-7H,1H2,2H3;2-6H,1H2. The Labute approximate surface area is 118 Å². The largest absolute Gasteiger partial charge is 0.0985 e. The molecule has 0 nitrogen and oxygen atoms in total. The SMILES string of the molecule is C=C(C)c1ccccc1.C=Cc1ccc(Br)cc1. The van der Waals surface area contributed by atoms with Crippen LogP contribution in [0, 0.1) is 0 Å². The summed E-state index contributed by atoms with van der Waals surface area (Å²) in [6, 6.07) is 18.2. The monoisotopic (exact) mass is 300 g/mol. The summed E-state index contributed by atoms with van der Waals surface area (Å²) < 4.78 is 1.10. The molecule has 0 saturated heterocycles. The smallest absolute Gasteiger partial charge is 0.0175 e. The highest BCUT2D eigenvalue weighted by Crippen LogP contribution is 2.10. The van der Waals surface area contributed by atoms with Gasteiger partial charge in [-0.25, -0.2) is 0 Å². The predicted molar refractivity (Wildman–Crippen MR) is 85.4 cm³/mol. The van der Waals surface area contributed by atoms with E-state index in [-0.39, 0.29) is 0 Å². The van der Waals surface area contributed by atoms with E-state index in [2.05, 4.69) is 41.2 Å². The van der Waals surface area contributed by atoms with Crippen LogP contribution in [0.3, 0.4) is 0 Å². The maximum atomic E-state index is 3.83. The van der Waals surface area contributed by atoms with Gasteiger partial charge in [0, 0.05) is 4.47 Å². The van der Waals surface area contributed by atoms with Crippen molar-refractivity contribution in [3.05, 3.63) is 83.4 Å². The zero-order valence-electron chi connectivity index (χ0n) is 10.6. The highest BCUT2D eigenvalue weighted by Gasteiger charge is 1.86. The van der Waals surface area contributed by atoms with Gasteiger partial charge in [0.1, 0.15) is 0 Å². The van der Waals surface area contributed by atoms with E-state index in [1.807, 2.05) is 55.5 Å². The zero-order chi connectivity index (χ0) is 13.4. The third-order valence-electron chi connectivity index (χ3n) is 2.37. The fourth-order valence-corrected chi connectivity index (χ4v) is 1.59. The zero-order valence-corrected chi connectivity index (χ0v) is 12.2. The van der Waals surface area contributed by atoms with Crippen molar-refractivity contribution in [2.24, 2.45) is 0 Å². The fourth-order valence-electron chi connectivity index (χ4n) is 1.32. The van der Waals surface area contributed by atoms with Gasteiger partial charge < -0.3 is 0 Å². The fraction of sp³-hybridized carbons (Fsp3) is 0.0588. The van der Waals surface area contributed by atoms with E-state index in [1.54, 1.807) is 0 Å². The summed E-state index contributed by atoms with van der Waals surface area (Å²) in [5.41, 5.74) is 3.49. The predicted octanol–water partition coefficient (Wildman–Crippen LogP) is 5.81. The Morgan fingerprint density at radius 3 is 1.94 bits per heavy atom. The molecule has 0 aliphatic carbocycles. The highest BCUT2D eigenvalue weighted by molar-refractivity contribution is 9.10. The molecule has 0 saturated carbocycles. The molecule has 0 spiro atoms. The van der Waals surface area contributed by atoms with Crippen molar-refractivity contribution in [1.82, 2.24) is 0 Å². The second-order valence-corrected chi connectivity index (χ2v) is 4.82. The normalized spacial score (nSPS) is 9.00. The van der Waals surface area contributed by atoms with Gasteiger partial charge in [0.2, 0.25) is 0 Å². The van der Waals surface area contributed by atoms with Crippen LogP contribution in [-0.2, 0) is 0 Å². The second-order valence-electron chi connectivity index (χ2n) is 3.90. The molecule has 0 aliphatic heterocycles. The van der Waals surface area contributed by atoms with Gasteiger partial charge in [0.25, 0.3) is 0 Å². The van der Waals surface area contributed by atoms with E-state index in [0.29, 0.717) is 0 Å². The van der Waals surface area contributed by atoms with Crippen molar-refractivity contribution >= 4 is 27.6 Å². The van der Waals surface area contributed by atoms with Crippen LogP contribution in [0.4, 0.5) is 0 Å². The Morgan fingerprint density at radius 2 is 1.56 bits per heavy atom. The first-order valence-electron chi connectivity index (χ1n) is 5.72. The van der Waals surface area contributed by atoms with Gasteiger partial charge in [-0.3, -0.25) is 0 Å². The van der Waals surface area contributed by atoms with Gasteiger partial charge in [-0.2, -0.15) is 0 Å². The maximum absolute atomic E-state index is 3.83. The van der Waals surface area contributed by atoms with Crippen LogP contribution < -0.4 is 0 Å². The molecule has 0 N–H and O–H groups in total. The molecule has 2 aromatic carbocycles. The molecule has 0 atom stereocenters. The van der Waals surface area contributed by atoms with E-state index in [9.17, 15) is 0 Å². The lowest BCUT2D eigenvalue weighted by Crippen LogP contribution is -1.72. The molecule has 0 heterocycles. The average molecular weight is 301 g/mol. The third-order valence-corrected chi connectivity index (χ3v) is 2.90. The van der Waals surface area contributed by atoms with Crippen LogP contribution in [0.2, 0.25) is 0 Å². The van der Waals surface area contributed by atoms with Gasteiger partial charge in [0.15, 0.2) is 0 Å². The average Bonchev–Trinajstić information content (AvgIpc) is 2.41. The molecule has 0 fully saturated rings. The van der Waals surface area contributed by atoms with E-state index >= 15 is 0 Å². The van der Waals surface area contributed by atoms with Crippen LogP contribution in [0.15, 0.2) is 72.2 Å². The number of halogens is 1. The lowest BCUT2D eigenvalue weighted by atomic mass is 10.1. The molecule has 0 aromatic heterocycles. The Balaban J connectivity index is 0.000000180. The highest BCUT2D eigenvalue weighted by atomic mass is 79.9. The van der Waals surface area contributed by atoms with Crippen LogP contribution in [0.25, 0.3) is 11.6 Å². The Hall–Kier alpha value is -1.60. The number of rotatable bonds is 2. The molecule has 18 heavy (non-hydrogen) atoms. The third kappa shape index (κ3) is 5.15. The molecular weight excluding hydrogens is 284 g/mol. The molecule has 0 radical (unpaired) electrons. The first-order valence-corrected chi connectivity index (χ1v) is 6.51. The Bertz CT molecular complexity index is 495. The topological polar surface area (TPSA) is 0 Å². The number of hydrogen-bond donors (Lipinski definition) is 0. The first-order chi connectivity index (χ1) is 8.63. The van der Waals surface area contributed by atoms with E-state index in [0.717, 1.165) is 15.6 Å². The number of benzene rings is 2. The number of hydrogen-bond acceptors (Lipinski definition) is 0. The van der Waals surface area contributed by atoms with Crippen molar-refractivity contribution in [2.45, 2.75) is 6.92 Å². The lowest BCUT2D eigenvalue weighted by molar-refractivity contribution is 1.58. The second kappa shape index (κ2) is 7.67. The minimum atomic E-state index is 1.10. The molecule has 0 bridgehead atoms. The molecule has 0 aliphatic rings. The molecule has 92 valence electrons. The Morgan fingerprint density at radius 1 is 1.00 bits per heavy atom. The number of allylic oxidation sites excluding steroid dienone is 1. The Kier molecular flexibility index (Phi) is 6.16. The summed E-state index contributed by atoms with van der Waals surface area (Å²) in [5, 5.41) is 0. The first kappa shape index (κ1) is 14.5. The molecule has 2 rings (SSSR count). The summed E-state index contributed by atoms with van der Waals surface area (Å²) in [5.74, 6) is 0. The van der Waals surface area contributed by atoms with E-state index < -0.39 is 0 Å². The van der Waals surface area contributed by atoms with Gasteiger partial charge in [-0.1, -0.05) is 83.2 Å². The molecule has 0 unspecified atom stereocenters. The summed E-state index contributed by atoms with van der Waals surface area (Å²) in [7, 11) is 0. The summed E-state index contributed by atoms with van der Waals surface area (Å²) in [6.07, 6.45) is 1.83. The van der Waals surface area contributed by atoms with Crippen LogP contribution in [-0.4, -0.2) is 0 Å². The van der Waals surface area contributed by atoms with Crippen molar-refractivity contribution in [3.8, 4) is 0 Å². The molecule has 0 amide bonds. The molecular formula is C17H17Br. The lowest BCUT2D eigenvalue weighted by Gasteiger charge is -1.94. The van der Waals surface area contributed by atoms with Gasteiger partial charge in [-0.05, 0) is 30.2 Å². The molecule has 1 heteroatoms. The van der Waals surface area contributed by atoms with Crippen molar-refractivity contribution in [2.75, 3.05) is 0 Å². The minimum Gasteiger partial charge on any atom is -0.0985 e. The van der Waals surface area contributed by atoms with Gasteiger partial charge >= 0.3 is 0 Å². The van der Waals surface area contributed by atoms with Gasteiger partial charge in [-0.15, -0.1) is 0 Å². The van der Waals surface area contributed by atoms with Crippen molar-refractivity contribution in [3.63, 3.8) is 0 Å². The van der Waals surface area contributed by atoms with E-state index in [4.69, 9.17) is 0 Å².